The zero-order valence-corrected chi connectivity index (χ0v) is 14.2. The van der Waals surface area contributed by atoms with Gasteiger partial charge in [0.2, 0.25) is 0 Å². The fourth-order valence-electron chi connectivity index (χ4n) is 3.69. The molecule has 0 bridgehead atoms. The van der Waals surface area contributed by atoms with E-state index in [2.05, 4.69) is 10.2 Å². The number of anilines is 1. The molecule has 1 aliphatic carbocycles. The Balaban J connectivity index is 1.82. The van der Waals surface area contributed by atoms with E-state index in [4.69, 9.17) is 0 Å². The van der Waals surface area contributed by atoms with Crippen molar-refractivity contribution in [3.05, 3.63) is 29.7 Å². The second-order valence-electron chi connectivity index (χ2n) is 6.90. The quantitative estimate of drug-likeness (QED) is 0.752. The summed E-state index contributed by atoms with van der Waals surface area (Å²) in [6, 6.07) is -0.0551. The van der Waals surface area contributed by atoms with Crippen molar-refractivity contribution >= 4 is 11.7 Å². The maximum atomic E-state index is 13.6. The lowest BCUT2D eigenvalue weighted by atomic mass is 9.97. The first-order valence-corrected chi connectivity index (χ1v) is 8.46. The van der Waals surface area contributed by atoms with Crippen molar-refractivity contribution in [3.63, 3.8) is 0 Å². The monoisotopic (exact) mass is 389 g/mol. The van der Waals surface area contributed by atoms with Gasteiger partial charge in [0.25, 0.3) is 5.91 Å². The number of aromatic nitrogens is 4. The fourth-order valence-corrected chi connectivity index (χ4v) is 3.69. The fraction of sp³-hybridized carbons (Fsp3) is 0.562. The van der Waals surface area contributed by atoms with Crippen LogP contribution in [0.4, 0.5) is 27.8 Å². The van der Waals surface area contributed by atoms with E-state index in [-0.39, 0.29) is 28.5 Å². The largest absolute Gasteiger partial charge is 0.410 e. The normalized spacial score (nSPS) is 23.0. The topological polar surface area (TPSA) is 56.0 Å². The Bertz CT molecular complexity index is 869. The van der Waals surface area contributed by atoms with Crippen molar-refractivity contribution in [1.82, 2.24) is 19.6 Å². The van der Waals surface area contributed by atoms with E-state index < -0.39 is 30.7 Å². The minimum Gasteiger partial charge on any atom is -0.288 e. The van der Waals surface area contributed by atoms with Gasteiger partial charge < -0.3 is 0 Å². The molecule has 0 spiro atoms. The van der Waals surface area contributed by atoms with E-state index in [9.17, 15) is 26.7 Å². The number of fused-ring (bicyclic) bond motifs is 1. The van der Waals surface area contributed by atoms with Crippen molar-refractivity contribution in [2.75, 3.05) is 4.90 Å². The standard InChI is InChI=1S/C16H16F5N5O/c1-8-6-13-24(14(27)10-4-5-22-25(10)15(17)18)11(9-2-3-9)7-12(16(19,20)21)26(13)23-8/h4-6,9,11-12,15H,2-3,7H2,1H3/t11-,12+/m1/s1. The molecule has 0 N–H and O–H groups in total. The minimum atomic E-state index is -4.53. The molecule has 1 fully saturated rings. The molecule has 1 amide bonds. The first-order valence-electron chi connectivity index (χ1n) is 8.46. The van der Waals surface area contributed by atoms with Crippen LogP contribution in [0.5, 0.6) is 0 Å². The van der Waals surface area contributed by atoms with E-state index in [0.29, 0.717) is 18.5 Å². The number of alkyl halides is 5. The van der Waals surface area contributed by atoms with Crippen molar-refractivity contribution in [2.24, 2.45) is 5.92 Å². The Morgan fingerprint density at radius 3 is 2.59 bits per heavy atom. The van der Waals surface area contributed by atoms with E-state index in [0.717, 1.165) is 16.9 Å². The van der Waals surface area contributed by atoms with Gasteiger partial charge in [-0.15, -0.1) is 0 Å². The molecule has 2 aliphatic rings. The van der Waals surface area contributed by atoms with Crippen LogP contribution < -0.4 is 4.90 Å². The van der Waals surface area contributed by atoms with Crippen molar-refractivity contribution < 1.29 is 26.7 Å². The Morgan fingerprint density at radius 2 is 2.00 bits per heavy atom. The summed E-state index contributed by atoms with van der Waals surface area (Å²) < 4.78 is 68.1. The third kappa shape index (κ3) is 2.98. The van der Waals surface area contributed by atoms with Crippen LogP contribution in [0, 0.1) is 12.8 Å². The van der Waals surface area contributed by atoms with Crippen LogP contribution >= 0.6 is 0 Å². The Labute approximate surface area is 150 Å². The second kappa shape index (κ2) is 6.03. The van der Waals surface area contributed by atoms with Gasteiger partial charge in [-0.05, 0) is 38.2 Å². The first kappa shape index (κ1) is 17.9. The molecule has 2 atom stereocenters. The average molecular weight is 389 g/mol. The van der Waals surface area contributed by atoms with Gasteiger partial charge in [0, 0.05) is 18.3 Å². The van der Waals surface area contributed by atoms with Crippen molar-refractivity contribution in [1.29, 1.82) is 0 Å². The molecule has 2 aromatic rings. The smallest absolute Gasteiger partial charge is 0.288 e. The van der Waals surface area contributed by atoms with E-state index in [1.165, 1.54) is 17.9 Å². The summed E-state index contributed by atoms with van der Waals surface area (Å²) in [6.07, 6.45) is -2.42. The molecule has 2 aromatic heterocycles. The van der Waals surface area contributed by atoms with Crippen LogP contribution in [0.15, 0.2) is 18.3 Å². The van der Waals surface area contributed by atoms with Gasteiger partial charge >= 0.3 is 12.7 Å². The van der Waals surface area contributed by atoms with E-state index in [1.54, 1.807) is 0 Å². The highest BCUT2D eigenvalue weighted by atomic mass is 19.4. The highest BCUT2D eigenvalue weighted by Gasteiger charge is 2.53. The summed E-state index contributed by atoms with van der Waals surface area (Å²) in [5.74, 6) is -0.915. The first-order chi connectivity index (χ1) is 12.7. The lowest BCUT2D eigenvalue weighted by Gasteiger charge is -2.40. The summed E-state index contributed by atoms with van der Waals surface area (Å²) in [6.45, 7) is -1.51. The number of aryl methyl sites for hydroxylation is 1. The van der Waals surface area contributed by atoms with Crippen molar-refractivity contribution in [3.8, 4) is 0 Å². The molecule has 0 unspecified atom stereocenters. The maximum Gasteiger partial charge on any atom is 0.410 e. The van der Waals surface area contributed by atoms with Crippen LogP contribution in [-0.2, 0) is 0 Å². The predicted octanol–water partition coefficient (Wildman–Crippen LogP) is 3.72. The minimum absolute atomic E-state index is 0.0232. The van der Waals surface area contributed by atoms with Crippen LogP contribution in [0.1, 0.15) is 48.0 Å². The van der Waals surface area contributed by atoms with Crippen molar-refractivity contribution in [2.45, 2.75) is 51.0 Å². The van der Waals surface area contributed by atoms with Gasteiger partial charge in [-0.25, -0.2) is 4.68 Å². The molecule has 1 aliphatic heterocycles. The summed E-state index contributed by atoms with van der Waals surface area (Å²) >= 11 is 0. The molecular weight excluding hydrogens is 373 g/mol. The van der Waals surface area contributed by atoms with Gasteiger partial charge in [0.05, 0.1) is 5.69 Å². The van der Waals surface area contributed by atoms with Crippen LogP contribution in [0.3, 0.4) is 0 Å². The average Bonchev–Trinajstić information content (AvgIpc) is 3.15. The molecule has 146 valence electrons. The number of hydrogen-bond acceptors (Lipinski definition) is 3. The van der Waals surface area contributed by atoms with E-state index in [1.807, 2.05) is 0 Å². The number of carbonyl (C=O) groups excluding carboxylic acids is 1. The molecule has 27 heavy (non-hydrogen) atoms. The lowest BCUT2D eigenvalue weighted by molar-refractivity contribution is -0.174. The number of hydrogen-bond donors (Lipinski definition) is 0. The molecule has 11 heteroatoms. The highest BCUT2D eigenvalue weighted by molar-refractivity contribution is 6.05. The molecule has 1 saturated carbocycles. The Morgan fingerprint density at radius 1 is 1.30 bits per heavy atom. The molecule has 6 nitrogen and oxygen atoms in total. The Hall–Kier alpha value is -2.46. The summed E-state index contributed by atoms with van der Waals surface area (Å²) in [4.78, 5) is 14.3. The predicted molar refractivity (Wildman–Crippen MR) is 83.5 cm³/mol. The maximum absolute atomic E-state index is 13.6. The zero-order chi connectivity index (χ0) is 19.5. The lowest BCUT2D eigenvalue weighted by Crippen LogP contribution is -2.51. The van der Waals surface area contributed by atoms with Crippen LogP contribution in [0.2, 0.25) is 0 Å². The number of nitrogens with zero attached hydrogens (tertiary/aromatic N) is 5. The molecule has 0 aromatic carbocycles. The van der Waals surface area contributed by atoms with Crippen LogP contribution in [-0.4, -0.2) is 37.7 Å². The van der Waals surface area contributed by atoms with Gasteiger partial charge in [-0.1, -0.05) is 0 Å². The summed E-state index contributed by atoms with van der Waals surface area (Å²) in [5.41, 5.74) is -0.0534. The van der Waals surface area contributed by atoms with E-state index >= 15 is 0 Å². The number of amides is 1. The molecular formula is C16H16F5N5O. The zero-order valence-electron chi connectivity index (χ0n) is 14.2. The number of carbonyl (C=O) groups is 1. The van der Waals surface area contributed by atoms with Gasteiger partial charge in [0.15, 0.2) is 6.04 Å². The second-order valence-corrected chi connectivity index (χ2v) is 6.90. The summed E-state index contributed by atoms with van der Waals surface area (Å²) in [5, 5.41) is 7.37. The van der Waals surface area contributed by atoms with Gasteiger partial charge in [-0.2, -0.15) is 36.8 Å². The molecule has 4 rings (SSSR count). The third-order valence-electron chi connectivity index (χ3n) is 5.01. The Kier molecular flexibility index (Phi) is 4.00. The number of halogens is 5. The van der Waals surface area contributed by atoms with Crippen LogP contribution in [0.25, 0.3) is 0 Å². The SMILES string of the molecule is Cc1cc2n(n1)[C@H](C(F)(F)F)C[C@H](C1CC1)N2C(=O)c1ccnn1C(F)F. The molecule has 3 heterocycles. The third-order valence-corrected chi connectivity index (χ3v) is 5.01. The number of rotatable bonds is 3. The highest BCUT2D eigenvalue weighted by Crippen LogP contribution is 2.48. The molecule has 0 radical (unpaired) electrons. The van der Waals surface area contributed by atoms with Gasteiger partial charge in [-0.3, -0.25) is 9.69 Å². The summed E-state index contributed by atoms with van der Waals surface area (Å²) in [7, 11) is 0. The van der Waals surface area contributed by atoms with Gasteiger partial charge in [0.1, 0.15) is 11.5 Å². The molecule has 0 saturated heterocycles.